The Kier molecular flexibility index (Phi) is 3.74. The number of hydrogen-bond acceptors (Lipinski definition) is 4. The van der Waals surface area contributed by atoms with Crippen molar-refractivity contribution in [2.45, 2.75) is 18.9 Å². The third-order valence-electron chi connectivity index (χ3n) is 3.12. The van der Waals surface area contributed by atoms with Crippen LogP contribution in [0.5, 0.6) is 0 Å². The van der Waals surface area contributed by atoms with E-state index in [1.54, 1.807) is 0 Å². The molecule has 4 heteroatoms. The topological polar surface area (TPSA) is 48.4 Å². The standard InChI is InChI=1S/C12H19N3O/c1-13-12-6-2-4-10(14-12)11-5-3-7-15(11)8-9-16/h2,4,6,11,16H,3,5,7-9H2,1H3,(H,13,14)/t11-/m0/s1. The molecular formula is C12H19N3O. The Labute approximate surface area is 96.3 Å². The number of pyridine rings is 1. The van der Waals surface area contributed by atoms with Crippen LogP contribution in [0.25, 0.3) is 0 Å². The number of nitrogens with zero attached hydrogens (tertiary/aromatic N) is 2. The number of likely N-dealkylation sites (tertiary alicyclic amines) is 1. The van der Waals surface area contributed by atoms with Gasteiger partial charge >= 0.3 is 0 Å². The lowest BCUT2D eigenvalue weighted by atomic mass is 10.1. The lowest BCUT2D eigenvalue weighted by Crippen LogP contribution is -2.27. The van der Waals surface area contributed by atoms with E-state index in [9.17, 15) is 0 Å². The van der Waals surface area contributed by atoms with Crippen LogP contribution in [-0.4, -0.2) is 41.7 Å². The van der Waals surface area contributed by atoms with Crippen LogP contribution in [0.3, 0.4) is 0 Å². The first-order valence-corrected chi connectivity index (χ1v) is 5.85. The van der Waals surface area contributed by atoms with Gasteiger partial charge in [0.05, 0.1) is 18.3 Å². The van der Waals surface area contributed by atoms with Gasteiger partial charge in [0.25, 0.3) is 0 Å². The quantitative estimate of drug-likeness (QED) is 0.803. The van der Waals surface area contributed by atoms with Gasteiger partial charge in [-0.3, -0.25) is 4.90 Å². The van der Waals surface area contributed by atoms with Crippen molar-refractivity contribution >= 4 is 5.82 Å². The molecule has 88 valence electrons. The first-order chi connectivity index (χ1) is 7.85. The molecule has 1 aliphatic rings. The molecule has 4 nitrogen and oxygen atoms in total. The van der Waals surface area contributed by atoms with Gasteiger partial charge in [0, 0.05) is 13.6 Å². The van der Waals surface area contributed by atoms with Gasteiger partial charge in [-0.2, -0.15) is 0 Å². The Morgan fingerprint density at radius 3 is 3.19 bits per heavy atom. The molecule has 0 amide bonds. The summed E-state index contributed by atoms with van der Waals surface area (Å²) in [6.07, 6.45) is 2.33. The van der Waals surface area contributed by atoms with Crippen LogP contribution in [0.2, 0.25) is 0 Å². The van der Waals surface area contributed by atoms with E-state index in [1.807, 2.05) is 19.2 Å². The Balaban J connectivity index is 2.15. The van der Waals surface area contributed by atoms with Gasteiger partial charge in [-0.25, -0.2) is 4.98 Å². The fourth-order valence-corrected chi connectivity index (χ4v) is 2.33. The molecule has 0 radical (unpaired) electrons. The zero-order chi connectivity index (χ0) is 11.4. The number of hydrogen-bond donors (Lipinski definition) is 2. The summed E-state index contributed by atoms with van der Waals surface area (Å²) in [5, 5.41) is 12.1. The average Bonchev–Trinajstić information content (AvgIpc) is 2.78. The molecule has 16 heavy (non-hydrogen) atoms. The summed E-state index contributed by atoms with van der Waals surface area (Å²) in [7, 11) is 1.88. The van der Waals surface area contributed by atoms with E-state index in [1.165, 1.54) is 6.42 Å². The lowest BCUT2D eigenvalue weighted by Gasteiger charge is -2.23. The van der Waals surface area contributed by atoms with E-state index in [2.05, 4.69) is 21.3 Å². The van der Waals surface area contributed by atoms with Crippen molar-refractivity contribution < 1.29 is 5.11 Å². The van der Waals surface area contributed by atoms with Crippen LogP contribution in [-0.2, 0) is 0 Å². The van der Waals surface area contributed by atoms with Gasteiger partial charge in [-0.15, -0.1) is 0 Å². The molecule has 0 unspecified atom stereocenters. The minimum atomic E-state index is 0.224. The maximum atomic E-state index is 9.02. The van der Waals surface area contributed by atoms with Crippen molar-refractivity contribution in [1.29, 1.82) is 0 Å². The summed E-state index contributed by atoms with van der Waals surface area (Å²) in [6, 6.07) is 6.44. The van der Waals surface area contributed by atoms with Crippen molar-refractivity contribution in [2.24, 2.45) is 0 Å². The van der Waals surface area contributed by atoms with Crippen LogP contribution in [0.1, 0.15) is 24.6 Å². The third-order valence-corrected chi connectivity index (χ3v) is 3.12. The molecule has 1 fully saturated rings. The van der Waals surface area contributed by atoms with E-state index in [4.69, 9.17) is 5.11 Å². The van der Waals surface area contributed by atoms with Crippen LogP contribution in [0.4, 0.5) is 5.82 Å². The van der Waals surface area contributed by atoms with Crippen molar-refractivity contribution in [3.63, 3.8) is 0 Å². The highest BCUT2D eigenvalue weighted by atomic mass is 16.3. The molecule has 2 heterocycles. The molecule has 0 aliphatic carbocycles. The second-order valence-electron chi connectivity index (χ2n) is 4.12. The fourth-order valence-electron chi connectivity index (χ4n) is 2.33. The first kappa shape index (κ1) is 11.4. The number of aromatic nitrogens is 1. The fraction of sp³-hybridized carbons (Fsp3) is 0.583. The van der Waals surface area contributed by atoms with Gasteiger partial charge in [-0.1, -0.05) is 6.07 Å². The Morgan fingerprint density at radius 1 is 1.56 bits per heavy atom. The van der Waals surface area contributed by atoms with E-state index >= 15 is 0 Å². The zero-order valence-electron chi connectivity index (χ0n) is 9.69. The molecule has 2 rings (SSSR count). The molecule has 1 aliphatic heterocycles. The van der Waals surface area contributed by atoms with Crippen LogP contribution >= 0.6 is 0 Å². The first-order valence-electron chi connectivity index (χ1n) is 5.85. The van der Waals surface area contributed by atoms with Gasteiger partial charge < -0.3 is 10.4 Å². The largest absolute Gasteiger partial charge is 0.395 e. The SMILES string of the molecule is CNc1cccc([C@@H]2CCCN2CCO)n1. The average molecular weight is 221 g/mol. The van der Waals surface area contributed by atoms with E-state index in [-0.39, 0.29) is 6.61 Å². The third kappa shape index (κ3) is 2.33. The number of anilines is 1. The lowest BCUT2D eigenvalue weighted by molar-refractivity contribution is 0.184. The normalized spacial score (nSPS) is 21.2. The molecule has 1 atom stereocenters. The number of aliphatic hydroxyl groups excluding tert-OH is 1. The van der Waals surface area contributed by atoms with Crippen LogP contribution in [0.15, 0.2) is 18.2 Å². The van der Waals surface area contributed by atoms with Gasteiger partial charge in [0.1, 0.15) is 5.82 Å². The van der Waals surface area contributed by atoms with E-state index < -0.39 is 0 Å². The minimum Gasteiger partial charge on any atom is -0.395 e. The molecular weight excluding hydrogens is 202 g/mol. The number of β-amino-alcohol motifs (C(OH)–C–C–N with tert-alkyl or cyclic N) is 1. The second-order valence-corrected chi connectivity index (χ2v) is 4.12. The summed E-state index contributed by atoms with van der Waals surface area (Å²) in [5.41, 5.74) is 1.11. The maximum absolute atomic E-state index is 9.02. The molecule has 1 saturated heterocycles. The van der Waals surface area contributed by atoms with Crippen molar-refractivity contribution in [3.05, 3.63) is 23.9 Å². The monoisotopic (exact) mass is 221 g/mol. The summed E-state index contributed by atoms with van der Waals surface area (Å²) in [6.45, 7) is 2.04. The van der Waals surface area contributed by atoms with Gasteiger partial charge in [-0.05, 0) is 31.5 Å². The molecule has 0 saturated carbocycles. The molecule has 1 aromatic rings. The predicted molar refractivity (Wildman–Crippen MR) is 64.4 cm³/mol. The van der Waals surface area contributed by atoms with Gasteiger partial charge in [0.2, 0.25) is 0 Å². The van der Waals surface area contributed by atoms with Crippen molar-refractivity contribution in [2.75, 3.05) is 32.1 Å². The predicted octanol–water partition coefficient (Wildman–Crippen LogP) is 1.25. The smallest absolute Gasteiger partial charge is 0.126 e. The molecule has 1 aromatic heterocycles. The van der Waals surface area contributed by atoms with E-state index in [0.717, 1.165) is 31.0 Å². The summed E-state index contributed by atoms with van der Waals surface area (Å²) < 4.78 is 0. The van der Waals surface area contributed by atoms with Crippen molar-refractivity contribution in [3.8, 4) is 0 Å². The highest BCUT2D eigenvalue weighted by Crippen LogP contribution is 2.30. The Bertz CT molecular complexity index is 343. The van der Waals surface area contributed by atoms with E-state index in [0.29, 0.717) is 6.04 Å². The zero-order valence-corrected chi connectivity index (χ0v) is 9.69. The highest BCUT2D eigenvalue weighted by Gasteiger charge is 2.26. The second kappa shape index (κ2) is 5.27. The highest BCUT2D eigenvalue weighted by molar-refractivity contribution is 5.35. The number of nitrogens with one attached hydrogen (secondary N) is 1. The summed E-state index contributed by atoms with van der Waals surface area (Å²) in [5.74, 6) is 0.911. The molecule has 2 N–H and O–H groups in total. The Morgan fingerprint density at radius 2 is 2.44 bits per heavy atom. The summed E-state index contributed by atoms with van der Waals surface area (Å²) in [4.78, 5) is 6.88. The summed E-state index contributed by atoms with van der Waals surface area (Å²) >= 11 is 0. The van der Waals surface area contributed by atoms with Crippen molar-refractivity contribution in [1.82, 2.24) is 9.88 Å². The number of rotatable bonds is 4. The van der Waals surface area contributed by atoms with Crippen LogP contribution in [0, 0.1) is 0 Å². The number of aliphatic hydroxyl groups is 1. The van der Waals surface area contributed by atoms with Crippen LogP contribution < -0.4 is 5.32 Å². The van der Waals surface area contributed by atoms with Gasteiger partial charge in [0.15, 0.2) is 0 Å². The Hall–Kier alpha value is -1.13. The minimum absolute atomic E-state index is 0.224. The maximum Gasteiger partial charge on any atom is 0.126 e. The molecule has 0 aromatic carbocycles. The molecule has 0 spiro atoms. The molecule has 0 bridgehead atoms.